The fourth-order valence-electron chi connectivity index (χ4n) is 1.67. The van der Waals surface area contributed by atoms with Gasteiger partial charge < -0.3 is 15.5 Å². The first-order chi connectivity index (χ1) is 9.54. The van der Waals surface area contributed by atoms with Gasteiger partial charge in [-0.05, 0) is 39.2 Å². The van der Waals surface area contributed by atoms with E-state index in [9.17, 15) is 4.79 Å². The second-order valence-electron chi connectivity index (χ2n) is 4.82. The molecule has 1 heterocycles. The van der Waals surface area contributed by atoms with Gasteiger partial charge in [0, 0.05) is 25.4 Å². The average molecular weight is 274 g/mol. The van der Waals surface area contributed by atoms with E-state index in [0.29, 0.717) is 18.8 Å². The molecule has 0 atom stereocenters. The SMILES string of the molecule is CN(C)CCCN(C)C(=O)c1ccc(C#CCN)cn1. The molecule has 5 heteroatoms. The van der Waals surface area contributed by atoms with Gasteiger partial charge in [0.15, 0.2) is 0 Å². The van der Waals surface area contributed by atoms with Crippen molar-refractivity contribution in [2.75, 3.05) is 40.8 Å². The highest BCUT2D eigenvalue weighted by molar-refractivity contribution is 5.92. The molecule has 5 nitrogen and oxygen atoms in total. The summed E-state index contributed by atoms with van der Waals surface area (Å²) in [7, 11) is 5.83. The van der Waals surface area contributed by atoms with Crippen LogP contribution in [-0.4, -0.2) is 61.5 Å². The number of nitrogens with two attached hydrogens (primary N) is 1. The van der Waals surface area contributed by atoms with Crippen LogP contribution >= 0.6 is 0 Å². The monoisotopic (exact) mass is 274 g/mol. The Morgan fingerprint density at radius 1 is 1.30 bits per heavy atom. The number of amides is 1. The van der Waals surface area contributed by atoms with Crippen LogP contribution in [0.4, 0.5) is 0 Å². The number of hydrogen-bond donors (Lipinski definition) is 1. The summed E-state index contributed by atoms with van der Waals surface area (Å²) in [6.45, 7) is 1.99. The summed E-state index contributed by atoms with van der Waals surface area (Å²) in [6.07, 6.45) is 2.54. The molecule has 0 radical (unpaired) electrons. The van der Waals surface area contributed by atoms with Crippen LogP contribution < -0.4 is 5.73 Å². The van der Waals surface area contributed by atoms with Crippen molar-refractivity contribution in [3.63, 3.8) is 0 Å². The normalized spacial score (nSPS) is 10.1. The third kappa shape index (κ3) is 5.39. The van der Waals surface area contributed by atoms with Gasteiger partial charge in [-0.1, -0.05) is 11.8 Å². The van der Waals surface area contributed by atoms with Gasteiger partial charge in [-0.15, -0.1) is 0 Å². The molecule has 108 valence electrons. The van der Waals surface area contributed by atoms with E-state index in [0.717, 1.165) is 18.5 Å². The Morgan fingerprint density at radius 2 is 2.05 bits per heavy atom. The van der Waals surface area contributed by atoms with Gasteiger partial charge in [0.2, 0.25) is 0 Å². The van der Waals surface area contributed by atoms with E-state index in [4.69, 9.17) is 5.73 Å². The van der Waals surface area contributed by atoms with Gasteiger partial charge in [0.25, 0.3) is 5.91 Å². The van der Waals surface area contributed by atoms with Crippen LogP contribution in [0.3, 0.4) is 0 Å². The molecule has 0 saturated heterocycles. The lowest BCUT2D eigenvalue weighted by Crippen LogP contribution is -2.30. The molecule has 0 aromatic carbocycles. The number of aromatic nitrogens is 1. The summed E-state index contributed by atoms with van der Waals surface area (Å²) in [4.78, 5) is 20.1. The topological polar surface area (TPSA) is 62.5 Å². The van der Waals surface area contributed by atoms with Gasteiger partial charge >= 0.3 is 0 Å². The smallest absolute Gasteiger partial charge is 0.272 e. The second-order valence-corrected chi connectivity index (χ2v) is 4.82. The highest BCUT2D eigenvalue weighted by atomic mass is 16.2. The first kappa shape index (κ1) is 16.2. The van der Waals surface area contributed by atoms with E-state index in [-0.39, 0.29) is 5.91 Å². The molecule has 1 aromatic rings. The van der Waals surface area contributed by atoms with Crippen molar-refractivity contribution in [3.05, 3.63) is 29.6 Å². The Hall–Kier alpha value is -1.90. The minimum Gasteiger partial charge on any atom is -0.340 e. The fraction of sp³-hybridized carbons (Fsp3) is 0.467. The van der Waals surface area contributed by atoms with E-state index in [1.54, 1.807) is 30.3 Å². The molecule has 0 fully saturated rings. The molecule has 0 aliphatic rings. The second kappa shape index (κ2) is 8.31. The Labute approximate surface area is 120 Å². The molecule has 0 aliphatic carbocycles. The van der Waals surface area contributed by atoms with E-state index >= 15 is 0 Å². The number of nitrogens with zero attached hydrogens (tertiary/aromatic N) is 3. The lowest BCUT2D eigenvalue weighted by molar-refractivity contribution is 0.0785. The summed E-state index contributed by atoms with van der Waals surface area (Å²) in [5, 5.41) is 0. The van der Waals surface area contributed by atoms with Gasteiger partial charge in [0.05, 0.1) is 6.54 Å². The van der Waals surface area contributed by atoms with E-state index in [1.165, 1.54) is 0 Å². The third-order valence-corrected chi connectivity index (χ3v) is 2.76. The standard InChI is InChI=1S/C15H22N4O/c1-18(2)10-5-11-19(3)15(20)14-8-7-13(12-17-14)6-4-9-16/h7-8,12H,5,9-11,16H2,1-3H3. The largest absolute Gasteiger partial charge is 0.340 e. The predicted octanol–water partition coefficient (Wildman–Crippen LogP) is 0.416. The molecule has 20 heavy (non-hydrogen) atoms. The van der Waals surface area contributed by atoms with Gasteiger partial charge in [-0.3, -0.25) is 4.79 Å². The Kier molecular flexibility index (Phi) is 6.71. The molecular formula is C15H22N4O. The average Bonchev–Trinajstić information content (AvgIpc) is 2.44. The summed E-state index contributed by atoms with van der Waals surface area (Å²) >= 11 is 0. The van der Waals surface area contributed by atoms with Gasteiger partial charge in [-0.2, -0.15) is 0 Å². The van der Waals surface area contributed by atoms with Crippen LogP contribution in [0.1, 0.15) is 22.5 Å². The van der Waals surface area contributed by atoms with E-state index in [2.05, 4.69) is 21.7 Å². The van der Waals surface area contributed by atoms with Crippen LogP contribution in [0.25, 0.3) is 0 Å². The zero-order valence-corrected chi connectivity index (χ0v) is 12.4. The van der Waals surface area contributed by atoms with Crippen LogP contribution in [0, 0.1) is 11.8 Å². The number of rotatable bonds is 5. The molecule has 1 aromatic heterocycles. The molecule has 0 spiro atoms. The zero-order valence-electron chi connectivity index (χ0n) is 12.4. The molecule has 0 aliphatic heterocycles. The summed E-state index contributed by atoms with van der Waals surface area (Å²) in [5.41, 5.74) is 6.51. The van der Waals surface area contributed by atoms with Crippen molar-refractivity contribution in [1.29, 1.82) is 0 Å². The molecule has 0 unspecified atom stereocenters. The molecule has 0 saturated carbocycles. The van der Waals surface area contributed by atoms with Crippen LogP contribution in [-0.2, 0) is 0 Å². The van der Waals surface area contributed by atoms with Gasteiger partial charge in [0.1, 0.15) is 5.69 Å². The quantitative estimate of drug-likeness (QED) is 0.790. The maximum absolute atomic E-state index is 12.1. The fourth-order valence-corrected chi connectivity index (χ4v) is 1.67. The van der Waals surface area contributed by atoms with Crippen molar-refractivity contribution >= 4 is 5.91 Å². The van der Waals surface area contributed by atoms with Crippen molar-refractivity contribution < 1.29 is 4.79 Å². The van der Waals surface area contributed by atoms with Gasteiger partial charge in [-0.25, -0.2) is 4.98 Å². The first-order valence-corrected chi connectivity index (χ1v) is 6.59. The zero-order chi connectivity index (χ0) is 15.0. The molecule has 1 rings (SSSR count). The lowest BCUT2D eigenvalue weighted by atomic mass is 10.2. The first-order valence-electron chi connectivity index (χ1n) is 6.59. The number of carbonyl (C=O) groups excluding carboxylic acids is 1. The minimum atomic E-state index is -0.0675. The molecule has 1 amide bonds. The Balaban J connectivity index is 2.58. The third-order valence-electron chi connectivity index (χ3n) is 2.76. The molecular weight excluding hydrogens is 252 g/mol. The maximum Gasteiger partial charge on any atom is 0.272 e. The van der Waals surface area contributed by atoms with E-state index in [1.807, 2.05) is 14.1 Å². The number of pyridine rings is 1. The van der Waals surface area contributed by atoms with Crippen molar-refractivity contribution in [1.82, 2.24) is 14.8 Å². The predicted molar refractivity (Wildman–Crippen MR) is 80.3 cm³/mol. The molecule has 2 N–H and O–H groups in total. The van der Waals surface area contributed by atoms with Crippen LogP contribution in [0.15, 0.2) is 18.3 Å². The Bertz CT molecular complexity index is 485. The molecule has 0 bridgehead atoms. The van der Waals surface area contributed by atoms with E-state index < -0.39 is 0 Å². The van der Waals surface area contributed by atoms with Crippen LogP contribution in [0.2, 0.25) is 0 Å². The Morgan fingerprint density at radius 3 is 2.60 bits per heavy atom. The number of hydrogen-bond acceptors (Lipinski definition) is 4. The highest BCUT2D eigenvalue weighted by Gasteiger charge is 2.12. The highest BCUT2D eigenvalue weighted by Crippen LogP contribution is 2.03. The maximum atomic E-state index is 12.1. The van der Waals surface area contributed by atoms with Crippen molar-refractivity contribution in [3.8, 4) is 11.8 Å². The van der Waals surface area contributed by atoms with Crippen molar-refractivity contribution in [2.45, 2.75) is 6.42 Å². The van der Waals surface area contributed by atoms with Crippen LogP contribution in [0.5, 0.6) is 0 Å². The lowest BCUT2D eigenvalue weighted by Gasteiger charge is -2.18. The van der Waals surface area contributed by atoms with Crippen molar-refractivity contribution in [2.24, 2.45) is 5.73 Å². The summed E-state index contributed by atoms with van der Waals surface area (Å²) in [5.74, 6) is 5.56. The summed E-state index contributed by atoms with van der Waals surface area (Å²) in [6, 6.07) is 3.49. The number of carbonyl (C=O) groups is 1. The minimum absolute atomic E-state index is 0.0675. The summed E-state index contributed by atoms with van der Waals surface area (Å²) < 4.78 is 0.